The number of carbonyl (C=O) groups is 2. The van der Waals surface area contributed by atoms with E-state index in [1.54, 1.807) is 18.2 Å². The maximum atomic E-state index is 13.7. The quantitative estimate of drug-likeness (QED) is 0.493. The maximum Gasteiger partial charge on any atom is 0.282 e. The number of amides is 2. The van der Waals surface area contributed by atoms with Crippen LogP contribution in [-0.2, 0) is 9.59 Å². The molecule has 5 nitrogen and oxygen atoms in total. The van der Waals surface area contributed by atoms with Crippen molar-refractivity contribution in [2.45, 2.75) is 40.7 Å². The molecule has 0 fully saturated rings. The van der Waals surface area contributed by atoms with Gasteiger partial charge < -0.3 is 10.1 Å². The number of ether oxygens (including phenoxy) is 1. The number of carbonyl (C=O) groups excluding carboxylic acids is 2. The summed E-state index contributed by atoms with van der Waals surface area (Å²) in [6.45, 7) is 9.86. The highest BCUT2D eigenvalue weighted by Crippen LogP contribution is 2.38. The standard InChI is InChI=1S/C28H28N2O3/c1-17(2)33-24-9-7-6-8-23(24)30-27(31)25(21-13-10-18(3)11-14-21)26(28(30)32)29-22-15-12-19(4)20(5)16-22/h6-17,29H,1-5H3. The zero-order valence-corrected chi connectivity index (χ0v) is 19.6. The Morgan fingerprint density at radius 3 is 2.18 bits per heavy atom. The highest BCUT2D eigenvalue weighted by molar-refractivity contribution is 6.46. The molecule has 0 unspecified atom stereocenters. The lowest BCUT2D eigenvalue weighted by Gasteiger charge is -2.20. The van der Waals surface area contributed by atoms with E-state index in [0.717, 1.165) is 22.4 Å². The second-order valence-corrected chi connectivity index (χ2v) is 8.62. The fourth-order valence-corrected chi connectivity index (χ4v) is 3.81. The maximum absolute atomic E-state index is 13.7. The first-order valence-electron chi connectivity index (χ1n) is 11.1. The number of imide groups is 1. The van der Waals surface area contributed by atoms with Gasteiger partial charge in [-0.05, 0) is 75.6 Å². The smallest absolute Gasteiger partial charge is 0.282 e. The minimum atomic E-state index is -0.409. The Morgan fingerprint density at radius 1 is 0.818 bits per heavy atom. The number of hydrogen-bond donors (Lipinski definition) is 1. The summed E-state index contributed by atoms with van der Waals surface area (Å²) < 4.78 is 5.91. The number of nitrogens with zero attached hydrogens (tertiary/aromatic N) is 1. The van der Waals surface area contributed by atoms with Crippen LogP contribution < -0.4 is 15.0 Å². The van der Waals surface area contributed by atoms with E-state index in [0.29, 0.717) is 22.6 Å². The minimum Gasteiger partial charge on any atom is -0.489 e. The van der Waals surface area contributed by atoms with Crippen molar-refractivity contribution in [2.24, 2.45) is 0 Å². The summed E-state index contributed by atoms with van der Waals surface area (Å²) in [4.78, 5) is 28.6. The van der Waals surface area contributed by atoms with Gasteiger partial charge in [-0.1, -0.05) is 48.0 Å². The predicted molar refractivity (Wildman–Crippen MR) is 132 cm³/mol. The van der Waals surface area contributed by atoms with Gasteiger partial charge in [-0.25, -0.2) is 4.90 Å². The van der Waals surface area contributed by atoms with Gasteiger partial charge in [0.15, 0.2) is 0 Å². The van der Waals surface area contributed by atoms with E-state index < -0.39 is 5.91 Å². The van der Waals surface area contributed by atoms with Crippen molar-refractivity contribution in [2.75, 3.05) is 10.2 Å². The molecule has 33 heavy (non-hydrogen) atoms. The molecule has 1 N–H and O–H groups in total. The molecule has 0 aliphatic carbocycles. The van der Waals surface area contributed by atoms with Gasteiger partial charge >= 0.3 is 0 Å². The molecular formula is C28H28N2O3. The Bertz CT molecular complexity index is 1260. The molecule has 0 atom stereocenters. The van der Waals surface area contributed by atoms with E-state index in [1.165, 1.54) is 4.90 Å². The van der Waals surface area contributed by atoms with Gasteiger partial charge in [0, 0.05) is 5.69 Å². The van der Waals surface area contributed by atoms with Crippen molar-refractivity contribution in [1.29, 1.82) is 0 Å². The van der Waals surface area contributed by atoms with Crippen LogP contribution >= 0.6 is 0 Å². The number of aryl methyl sites for hydroxylation is 3. The molecule has 0 spiro atoms. The summed E-state index contributed by atoms with van der Waals surface area (Å²) in [6, 6.07) is 20.6. The SMILES string of the molecule is Cc1ccc(C2=C(Nc3ccc(C)c(C)c3)C(=O)N(c3ccccc3OC(C)C)C2=O)cc1. The van der Waals surface area contributed by atoms with Gasteiger partial charge in [0.05, 0.1) is 17.4 Å². The minimum absolute atomic E-state index is 0.100. The first-order valence-corrected chi connectivity index (χ1v) is 11.1. The van der Waals surface area contributed by atoms with Crippen LogP contribution in [0.15, 0.2) is 72.4 Å². The monoisotopic (exact) mass is 440 g/mol. The highest BCUT2D eigenvalue weighted by atomic mass is 16.5. The van der Waals surface area contributed by atoms with E-state index >= 15 is 0 Å². The van der Waals surface area contributed by atoms with Crippen molar-refractivity contribution in [3.8, 4) is 5.75 Å². The van der Waals surface area contributed by atoms with Crippen molar-refractivity contribution in [1.82, 2.24) is 0 Å². The summed E-state index contributed by atoms with van der Waals surface area (Å²) in [7, 11) is 0. The van der Waals surface area contributed by atoms with Gasteiger partial charge in [-0.3, -0.25) is 9.59 Å². The summed E-state index contributed by atoms with van der Waals surface area (Å²) in [6.07, 6.45) is -0.100. The third kappa shape index (κ3) is 4.40. The molecule has 5 heteroatoms. The largest absolute Gasteiger partial charge is 0.489 e. The Labute approximate surface area is 194 Å². The summed E-state index contributed by atoms with van der Waals surface area (Å²) >= 11 is 0. The molecular weight excluding hydrogens is 412 g/mol. The fraction of sp³-hybridized carbons (Fsp3) is 0.214. The third-order valence-corrected chi connectivity index (χ3v) is 5.67. The van der Waals surface area contributed by atoms with Crippen LogP contribution in [0.5, 0.6) is 5.75 Å². The molecule has 0 bridgehead atoms. The second kappa shape index (κ2) is 8.94. The lowest BCUT2D eigenvalue weighted by Crippen LogP contribution is -2.33. The molecule has 3 aromatic rings. The first kappa shape index (κ1) is 22.3. The molecule has 2 amide bonds. The average Bonchev–Trinajstić information content (AvgIpc) is 3.01. The van der Waals surface area contributed by atoms with Crippen molar-refractivity contribution in [3.63, 3.8) is 0 Å². The normalized spacial score (nSPS) is 13.8. The Hall–Kier alpha value is -3.86. The molecule has 0 aromatic heterocycles. The van der Waals surface area contributed by atoms with Gasteiger partial charge in [-0.2, -0.15) is 0 Å². The number of anilines is 2. The zero-order valence-electron chi connectivity index (χ0n) is 19.6. The molecule has 0 saturated carbocycles. The van der Waals surface area contributed by atoms with Crippen LogP contribution in [0, 0.1) is 20.8 Å². The van der Waals surface area contributed by atoms with Crippen LogP contribution in [0.3, 0.4) is 0 Å². The van der Waals surface area contributed by atoms with E-state index in [2.05, 4.69) is 5.32 Å². The first-order chi connectivity index (χ1) is 15.8. The van der Waals surface area contributed by atoms with E-state index in [4.69, 9.17) is 4.74 Å². The van der Waals surface area contributed by atoms with Crippen molar-refractivity contribution < 1.29 is 14.3 Å². The summed E-state index contributed by atoms with van der Waals surface area (Å²) in [5.41, 5.74) is 5.81. The average molecular weight is 441 g/mol. The Morgan fingerprint density at radius 2 is 1.52 bits per heavy atom. The molecule has 168 valence electrons. The number of benzene rings is 3. The predicted octanol–water partition coefficient (Wildman–Crippen LogP) is 5.80. The molecule has 1 heterocycles. The van der Waals surface area contributed by atoms with Gasteiger partial charge in [-0.15, -0.1) is 0 Å². The summed E-state index contributed by atoms with van der Waals surface area (Å²) in [5, 5.41) is 3.24. The van der Waals surface area contributed by atoms with Crippen LogP contribution in [0.2, 0.25) is 0 Å². The molecule has 1 aliphatic rings. The highest BCUT2D eigenvalue weighted by Gasteiger charge is 2.41. The fourth-order valence-electron chi connectivity index (χ4n) is 3.81. The molecule has 0 saturated heterocycles. The van der Waals surface area contributed by atoms with Gasteiger partial charge in [0.1, 0.15) is 11.4 Å². The number of nitrogens with one attached hydrogen (secondary N) is 1. The van der Waals surface area contributed by atoms with Crippen LogP contribution in [-0.4, -0.2) is 17.9 Å². The second-order valence-electron chi connectivity index (χ2n) is 8.62. The van der Waals surface area contributed by atoms with Crippen molar-refractivity contribution >= 4 is 28.8 Å². The number of hydrogen-bond acceptors (Lipinski definition) is 4. The van der Waals surface area contributed by atoms with Crippen molar-refractivity contribution in [3.05, 3.63) is 94.7 Å². The van der Waals surface area contributed by atoms with E-state index in [9.17, 15) is 9.59 Å². The molecule has 0 radical (unpaired) electrons. The summed E-state index contributed by atoms with van der Waals surface area (Å²) in [5.74, 6) is -0.298. The van der Waals surface area contributed by atoms with Gasteiger partial charge in [0.25, 0.3) is 11.8 Å². The Kier molecular flexibility index (Phi) is 6.05. The third-order valence-electron chi connectivity index (χ3n) is 5.67. The number of rotatable bonds is 6. The molecule has 3 aromatic carbocycles. The lowest BCUT2D eigenvalue weighted by atomic mass is 10.0. The van der Waals surface area contributed by atoms with Crippen LogP contribution in [0.1, 0.15) is 36.1 Å². The lowest BCUT2D eigenvalue weighted by molar-refractivity contribution is -0.120. The molecule has 4 rings (SSSR count). The molecule has 1 aliphatic heterocycles. The van der Waals surface area contributed by atoms with Crippen LogP contribution in [0.25, 0.3) is 5.57 Å². The van der Waals surface area contributed by atoms with E-state index in [1.807, 2.05) is 83.1 Å². The van der Waals surface area contributed by atoms with Crippen LogP contribution in [0.4, 0.5) is 11.4 Å². The number of para-hydroxylation sites is 2. The van der Waals surface area contributed by atoms with Gasteiger partial charge in [0.2, 0.25) is 0 Å². The zero-order chi connectivity index (χ0) is 23.7. The Balaban J connectivity index is 1.83. The topological polar surface area (TPSA) is 58.6 Å². The van der Waals surface area contributed by atoms with E-state index in [-0.39, 0.29) is 17.7 Å².